The van der Waals surface area contributed by atoms with Crippen LogP contribution >= 0.6 is 0 Å². The Kier molecular flexibility index (Phi) is 4.42. The average Bonchev–Trinajstić information content (AvgIpc) is 2.49. The number of anilines is 1. The fraction of sp³-hybridized carbons (Fsp3) is 0.625. The topological polar surface area (TPSA) is 38.7 Å². The Labute approximate surface area is 125 Å². The zero-order valence-corrected chi connectivity index (χ0v) is 12.4. The first-order chi connectivity index (χ1) is 10.2. The third-order valence-corrected chi connectivity index (χ3v) is 4.62. The van der Waals surface area contributed by atoms with Crippen LogP contribution in [0.25, 0.3) is 0 Å². The van der Waals surface area contributed by atoms with Crippen LogP contribution in [0.3, 0.4) is 0 Å². The molecule has 1 aromatic rings. The number of hydrogen-bond donors (Lipinski definition) is 2. The highest BCUT2D eigenvalue weighted by Crippen LogP contribution is 2.23. The number of nitrogens with one attached hydrogen (secondary N) is 1. The highest BCUT2D eigenvalue weighted by molar-refractivity contribution is 5.47. The Hall–Kier alpha value is -1.17. The first kappa shape index (κ1) is 14.8. The molecule has 0 bridgehead atoms. The number of rotatable bonds is 3. The van der Waals surface area contributed by atoms with E-state index in [1.807, 2.05) is 12.1 Å². The fourth-order valence-electron chi connectivity index (χ4n) is 3.32. The van der Waals surface area contributed by atoms with Crippen molar-refractivity contribution < 1.29 is 9.50 Å². The average molecular weight is 293 g/mol. The smallest absolute Gasteiger partial charge is 0.146 e. The minimum absolute atomic E-state index is 0.150. The number of benzene rings is 1. The summed E-state index contributed by atoms with van der Waals surface area (Å²) in [5.74, 6) is -0.150. The van der Waals surface area contributed by atoms with Crippen LogP contribution in [0.4, 0.5) is 10.1 Å². The molecule has 3 rings (SSSR count). The van der Waals surface area contributed by atoms with E-state index in [0.717, 1.165) is 58.7 Å². The van der Waals surface area contributed by atoms with E-state index in [1.165, 1.54) is 6.07 Å². The standard InChI is InChI=1S/C16H24FN3O/c17-14-3-1-2-4-15(14)20-11-9-19(10-12-20)13-16(21)5-7-18-8-6-16/h1-4,18,21H,5-13H2. The molecule has 0 saturated carbocycles. The number of piperidine rings is 1. The summed E-state index contributed by atoms with van der Waals surface area (Å²) in [4.78, 5) is 4.40. The van der Waals surface area contributed by atoms with Crippen LogP contribution in [0.15, 0.2) is 24.3 Å². The summed E-state index contributed by atoms with van der Waals surface area (Å²) in [6.45, 7) is 5.91. The van der Waals surface area contributed by atoms with Gasteiger partial charge in [-0.1, -0.05) is 12.1 Å². The fourth-order valence-corrected chi connectivity index (χ4v) is 3.32. The lowest BCUT2D eigenvalue weighted by Crippen LogP contribution is -2.54. The largest absolute Gasteiger partial charge is 0.388 e. The first-order valence-corrected chi connectivity index (χ1v) is 7.81. The SMILES string of the molecule is OC1(CN2CCN(c3ccccc3F)CC2)CCNCC1. The molecule has 2 fully saturated rings. The lowest BCUT2D eigenvalue weighted by atomic mass is 9.91. The van der Waals surface area contributed by atoms with Crippen LogP contribution in [0.1, 0.15) is 12.8 Å². The summed E-state index contributed by atoms with van der Waals surface area (Å²) in [6.07, 6.45) is 1.64. The number of para-hydroxylation sites is 1. The van der Waals surface area contributed by atoms with E-state index in [-0.39, 0.29) is 5.82 Å². The van der Waals surface area contributed by atoms with E-state index >= 15 is 0 Å². The zero-order valence-electron chi connectivity index (χ0n) is 12.4. The van der Waals surface area contributed by atoms with Crippen LogP contribution < -0.4 is 10.2 Å². The number of nitrogens with zero attached hydrogens (tertiary/aromatic N) is 2. The van der Waals surface area contributed by atoms with Crippen LogP contribution in [0.5, 0.6) is 0 Å². The van der Waals surface area contributed by atoms with Gasteiger partial charge in [0, 0.05) is 32.7 Å². The van der Waals surface area contributed by atoms with Crippen molar-refractivity contribution in [3.05, 3.63) is 30.1 Å². The van der Waals surface area contributed by atoms with E-state index in [2.05, 4.69) is 15.1 Å². The molecule has 2 heterocycles. The van der Waals surface area contributed by atoms with E-state index < -0.39 is 5.60 Å². The predicted molar refractivity (Wildman–Crippen MR) is 82.1 cm³/mol. The first-order valence-electron chi connectivity index (χ1n) is 7.81. The summed E-state index contributed by atoms with van der Waals surface area (Å²) in [5, 5.41) is 13.9. The number of piperazine rings is 1. The normalized spacial score (nSPS) is 23.2. The summed E-state index contributed by atoms with van der Waals surface area (Å²) in [6, 6.07) is 6.95. The molecule has 0 spiro atoms. The van der Waals surface area contributed by atoms with Gasteiger partial charge in [-0.2, -0.15) is 0 Å². The molecule has 2 aliphatic rings. The number of hydrogen-bond acceptors (Lipinski definition) is 4. The predicted octanol–water partition coefficient (Wildman–Crippen LogP) is 1.06. The summed E-state index contributed by atoms with van der Waals surface area (Å²) < 4.78 is 13.8. The van der Waals surface area contributed by atoms with Crippen LogP contribution in [-0.2, 0) is 0 Å². The van der Waals surface area contributed by atoms with E-state index in [4.69, 9.17) is 0 Å². The third-order valence-electron chi connectivity index (χ3n) is 4.62. The highest BCUT2D eigenvalue weighted by atomic mass is 19.1. The second kappa shape index (κ2) is 6.30. The zero-order chi connectivity index (χ0) is 14.7. The van der Waals surface area contributed by atoms with Gasteiger partial charge in [-0.25, -0.2) is 4.39 Å². The van der Waals surface area contributed by atoms with Gasteiger partial charge in [-0.15, -0.1) is 0 Å². The molecule has 0 radical (unpaired) electrons. The lowest BCUT2D eigenvalue weighted by molar-refractivity contribution is -0.0218. The summed E-state index contributed by atoms with van der Waals surface area (Å²) in [5.41, 5.74) is 0.142. The highest BCUT2D eigenvalue weighted by Gasteiger charge is 2.32. The number of halogens is 1. The van der Waals surface area contributed by atoms with E-state index in [1.54, 1.807) is 6.07 Å². The molecular formula is C16H24FN3O. The van der Waals surface area contributed by atoms with Crippen molar-refractivity contribution in [2.45, 2.75) is 18.4 Å². The van der Waals surface area contributed by atoms with Gasteiger partial charge in [0.2, 0.25) is 0 Å². The molecule has 0 atom stereocenters. The molecule has 0 aromatic heterocycles. The van der Waals surface area contributed by atoms with Gasteiger partial charge in [-0.05, 0) is 38.1 Å². The van der Waals surface area contributed by atoms with Crippen molar-refractivity contribution in [2.24, 2.45) is 0 Å². The van der Waals surface area contributed by atoms with Crippen molar-refractivity contribution in [1.29, 1.82) is 0 Å². The molecule has 1 aromatic carbocycles. The molecule has 4 nitrogen and oxygen atoms in total. The number of aliphatic hydroxyl groups is 1. The maximum Gasteiger partial charge on any atom is 0.146 e. The van der Waals surface area contributed by atoms with Crippen molar-refractivity contribution >= 4 is 5.69 Å². The van der Waals surface area contributed by atoms with E-state index in [9.17, 15) is 9.50 Å². The Morgan fingerprint density at radius 3 is 2.43 bits per heavy atom. The van der Waals surface area contributed by atoms with Gasteiger partial charge in [0.25, 0.3) is 0 Å². The molecule has 2 N–H and O–H groups in total. The summed E-state index contributed by atoms with van der Waals surface area (Å²) in [7, 11) is 0. The second-order valence-corrected chi connectivity index (χ2v) is 6.19. The van der Waals surface area contributed by atoms with Crippen LogP contribution in [-0.4, -0.2) is 61.4 Å². The molecule has 0 aliphatic carbocycles. The Bertz CT molecular complexity index is 468. The lowest BCUT2D eigenvalue weighted by Gasteiger charge is -2.41. The van der Waals surface area contributed by atoms with Gasteiger partial charge in [0.15, 0.2) is 0 Å². The molecule has 0 unspecified atom stereocenters. The second-order valence-electron chi connectivity index (χ2n) is 6.19. The van der Waals surface area contributed by atoms with Gasteiger partial charge < -0.3 is 15.3 Å². The Morgan fingerprint density at radius 1 is 1.10 bits per heavy atom. The van der Waals surface area contributed by atoms with E-state index in [0.29, 0.717) is 5.69 Å². The van der Waals surface area contributed by atoms with Gasteiger partial charge >= 0.3 is 0 Å². The Balaban J connectivity index is 1.54. The van der Waals surface area contributed by atoms with Crippen molar-refractivity contribution in [3.63, 3.8) is 0 Å². The molecular weight excluding hydrogens is 269 g/mol. The third kappa shape index (κ3) is 3.54. The maximum absolute atomic E-state index is 13.8. The van der Waals surface area contributed by atoms with Crippen molar-refractivity contribution in [1.82, 2.24) is 10.2 Å². The minimum Gasteiger partial charge on any atom is -0.388 e. The maximum atomic E-state index is 13.8. The van der Waals surface area contributed by atoms with Gasteiger partial charge in [-0.3, -0.25) is 4.90 Å². The van der Waals surface area contributed by atoms with Crippen LogP contribution in [0.2, 0.25) is 0 Å². The molecule has 21 heavy (non-hydrogen) atoms. The summed E-state index contributed by atoms with van der Waals surface area (Å²) >= 11 is 0. The Morgan fingerprint density at radius 2 is 1.76 bits per heavy atom. The van der Waals surface area contributed by atoms with Gasteiger partial charge in [0.05, 0.1) is 11.3 Å². The molecule has 2 aliphatic heterocycles. The molecule has 5 heteroatoms. The minimum atomic E-state index is -0.550. The van der Waals surface area contributed by atoms with Crippen molar-refractivity contribution in [3.8, 4) is 0 Å². The molecule has 0 amide bonds. The van der Waals surface area contributed by atoms with Crippen LogP contribution in [0, 0.1) is 5.82 Å². The molecule has 116 valence electrons. The number of β-amino-alcohol motifs (C(OH)–C–C–N with tert-alkyl or cyclic N) is 1. The monoisotopic (exact) mass is 293 g/mol. The van der Waals surface area contributed by atoms with Gasteiger partial charge in [0.1, 0.15) is 5.82 Å². The molecule has 2 saturated heterocycles. The van der Waals surface area contributed by atoms with Crippen molar-refractivity contribution in [2.75, 3.05) is 50.7 Å². The quantitative estimate of drug-likeness (QED) is 0.874.